The number of aliphatic hydroxyl groups is 7. The predicted molar refractivity (Wildman–Crippen MR) is 137 cm³/mol. The van der Waals surface area contributed by atoms with E-state index < -0.39 is 114 Å². The van der Waals surface area contributed by atoms with Gasteiger partial charge in [-0.1, -0.05) is 0 Å². The lowest BCUT2D eigenvalue weighted by molar-refractivity contribution is -0.350. The largest absolute Gasteiger partial charge is 0.508 e. The van der Waals surface area contributed by atoms with Crippen molar-refractivity contribution in [3.05, 3.63) is 40.6 Å². The van der Waals surface area contributed by atoms with Gasteiger partial charge in [0.1, 0.15) is 65.2 Å². The molecule has 0 amide bonds. The van der Waals surface area contributed by atoms with Gasteiger partial charge < -0.3 is 79.5 Å². The fourth-order valence-electron chi connectivity index (χ4n) is 4.66. The van der Waals surface area contributed by atoms with E-state index in [0.717, 1.165) is 24.3 Å². The van der Waals surface area contributed by atoms with Crippen LogP contribution in [-0.2, 0) is 14.2 Å². The molecule has 10 atom stereocenters. The standard InChI is InChI=1S/C26H28O17/c27-8-4-11(30)14-12(5-8)40-22(7-1-2-9(28)10(29)3-7)23(16(14)32)42-26-21(37)17(33)15(31)13(41-26)6-39-25-20(36)18(34)19(35)24(38)43-25/h1-5,13,15,17-21,24-31,33-38H,6H2/t13-,15-,17+,18-,19-,20-,21-,24-,25-,26+/m1/s1. The lowest BCUT2D eigenvalue weighted by atomic mass is 9.99. The van der Waals surface area contributed by atoms with Gasteiger partial charge in [0.2, 0.25) is 17.5 Å². The van der Waals surface area contributed by atoms with E-state index in [9.17, 15) is 61.0 Å². The van der Waals surface area contributed by atoms with E-state index in [4.69, 9.17) is 23.4 Å². The molecule has 0 saturated carbocycles. The summed E-state index contributed by atoms with van der Waals surface area (Å²) in [6, 6.07) is 5.14. The van der Waals surface area contributed by atoms with Gasteiger partial charge in [-0.3, -0.25) is 4.79 Å². The van der Waals surface area contributed by atoms with Crippen molar-refractivity contribution < 1.29 is 79.5 Å². The van der Waals surface area contributed by atoms with Crippen LogP contribution in [0.2, 0.25) is 0 Å². The molecule has 2 aromatic carbocycles. The summed E-state index contributed by atoms with van der Waals surface area (Å²) < 4.78 is 27.1. The van der Waals surface area contributed by atoms with Crippen molar-refractivity contribution in [3.8, 4) is 40.1 Å². The topological polar surface area (TPSA) is 290 Å². The van der Waals surface area contributed by atoms with E-state index in [-0.39, 0.29) is 11.1 Å². The number of phenolic OH excluding ortho intramolecular Hbond substituents is 4. The number of rotatable bonds is 6. The maximum atomic E-state index is 13.5. The van der Waals surface area contributed by atoms with Crippen molar-refractivity contribution >= 4 is 11.0 Å². The van der Waals surface area contributed by atoms with E-state index in [1.54, 1.807) is 0 Å². The van der Waals surface area contributed by atoms with Gasteiger partial charge in [-0.15, -0.1) is 0 Å². The van der Waals surface area contributed by atoms with Crippen molar-refractivity contribution in [2.45, 2.75) is 61.6 Å². The van der Waals surface area contributed by atoms with Crippen LogP contribution in [0, 0.1) is 0 Å². The highest BCUT2D eigenvalue weighted by atomic mass is 16.8. The molecule has 17 heteroatoms. The Morgan fingerprint density at radius 1 is 0.698 bits per heavy atom. The van der Waals surface area contributed by atoms with Gasteiger partial charge in [0.05, 0.1) is 6.61 Å². The number of aliphatic hydroxyl groups excluding tert-OH is 7. The first-order valence-corrected chi connectivity index (χ1v) is 12.7. The third-order valence-electron chi connectivity index (χ3n) is 7.03. The van der Waals surface area contributed by atoms with E-state index >= 15 is 0 Å². The molecule has 0 unspecified atom stereocenters. The Bertz CT molecular complexity index is 1540. The predicted octanol–water partition coefficient (Wildman–Crippen LogP) is -2.76. The molecule has 1 aromatic heterocycles. The number of phenols is 4. The van der Waals surface area contributed by atoms with Gasteiger partial charge in [-0.2, -0.15) is 0 Å². The number of hydrogen-bond donors (Lipinski definition) is 11. The Morgan fingerprint density at radius 3 is 2.07 bits per heavy atom. The quantitative estimate of drug-likeness (QED) is 0.126. The summed E-state index contributed by atoms with van der Waals surface area (Å²) in [5.74, 6) is -3.46. The van der Waals surface area contributed by atoms with Gasteiger partial charge in [0.15, 0.2) is 29.8 Å². The van der Waals surface area contributed by atoms with Gasteiger partial charge in [-0.05, 0) is 18.2 Å². The zero-order valence-corrected chi connectivity index (χ0v) is 21.7. The minimum atomic E-state index is -2.01. The van der Waals surface area contributed by atoms with Gasteiger partial charge in [0.25, 0.3) is 0 Å². The first kappa shape index (κ1) is 30.7. The lowest BCUT2D eigenvalue weighted by Gasteiger charge is -2.42. The summed E-state index contributed by atoms with van der Waals surface area (Å²) in [4.78, 5) is 13.5. The molecule has 234 valence electrons. The maximum absolute atomic E-state index is 13.5. The summed E-state index contributed by atoms with van der Waals surface area (Å²) in [7, 11) is 0. The summed E-state index contributed by atoms with van der Waals surface area (Å²) in [5, 5.41) is 110. The van der Waals surface area contributed by atoms with Crippen LogP contribution in [0.4, 0.5) is 0 Å². The van der Waals surface area contributed by atoms with Crippen LogP contribution in [0.1, 0.15) is 0 Å². The summed E-state index contributed by atoms with van der Waals surface area (Å²) in [5.41, 5.74) is -1.42. The van der Waals surface area contributed by atoms with Crippen LogP contribution in [-0.4, -0.2) is 124 Å². The molecule has 0 spiro atoms. The average molecular weight is 612 g/mol. The number of fused-ring (bicyclic) bond motifs is 1. The van der Waals surface area contributed by atoms with Crippen LogP contribution in [0.15, 0.2) is 39.5 Å². The minimum Gasteiger partial charge on any atom is -0.508 e. The molecule has 0 bridgehead atoms. The zero-order valence-electron chi connectivity index (χ0n) is 21.7. The van der Waals surface area contributed by atoms with Gasteiger partial charge in [0, 0.05) is 17.7 Å². The smallest absolute Gasteiger partial charge is 0.239 e. The molecular weight excluding hydrogens is 584 g/mol. The fourth-order valence-corrected chi connectivity index (χ4v) is 4.66. The molecule has 11 N–H and O–H groups in total. The van der Waals surface area contributed by atoms with Crippen LogP contribution >= 0.6 is 0 Å². The second-order valence-electron chi connectivity index (χ2n) is 9.96. The summed E-state index contributed by atoms with van der Waals surface area (Å²) in [6.07, 6.45) is -18.5. The summed E-state index contributed by atoms with van der Waals surface area (Å²) in [6.45, 7) is -0.715. The second kappa shape index (κ2) is 11.7. The van der Waals surface area contributed by atoms with E-state index in [1.165, 1.54) is 6.07 Å². The molecule has 3 heterocycles. The molecule has 2 fully saturated rings. The van der Waals surface area contributed by atoms with E-state index in [2.05, 4.69) is 0 Å². The molecule has 5 rings (SSSR count). The van der Waals surface area contributed by atoms with Crippen molar-refractivity contribution in [1.29, 1.82) is 0 Å². The highest BCUT2D eigenvalue weighted by Gasteiger charge is 2.48. The Morgan fingerprint density at radius 2 is 1.37 bits per heavy atom. The minimum absolute atomic E-state index is 0.0550. The number of benzene rings is 2. The van der Waals surface area contributed by atoms with Crippen molar-refractivity contribution in [2.24, 2.45) is 0 Å². The van der Waals surface area contributed by atoms with E-state index in [0.29, 0.717) is 0 Å². The summed E-state index contributed by atoms with van der Waals surface area (Å²) >= 11 is 0. The van der Waals surface area contributed by atoms with Crippen LogP contribution in [0.5, 0.6) is 28.7 Å². The zero-order chi connectivity index (χ0) is 31.3. The first-order valence-electron chi connectivity index (χ1n) is 12.7. The first-order chi connectivity index (χ1) is 20.3. The SMILES string of the molecule is O=c1c(O[C@@H]2O[C@H](CO[C@@H]3O[C@@H](O)[C@H](O)[C@@H](O)[C@H]3O)[C@@H](O)[C@H](O)[C@H]2O)c(-c2ccc(O)c(O)c2)oc2cc(O)cc(O)c12. The molecule has 2 aliphatic rings. The van der Waals surface area contributed by atoms with E-state index in [1.807, 2.05) is 0 Å². The van der Waals surface area contributed by atoms with Crippen molar-refractivity contribution in [3.63, 3.8) is 0 Å². The molecular formula is C26H28O17. The third kappa shape index (κ3) is 5.66. The normalized spacial score (nSPS) is 33.0. The monoisotopic (exact) mass is 612 g/mol. The van der Waals surface area contributed by atoms with Gasteiger partial charge in [-0.25, -0.2) is 0 Å². The van der Waals surface area contributed by atoms with Crippen LogP contribution in [0.25, 0.3) is 22.3 Å². The third-order valence-corrected chi connectivity index (χ3v) is 7.03. The number of hydrogen-bond acceptors (Lipinski definition) is 17. The average Bonchev–Trinajstić information content (AvgIpc) is 2.96. The fraction of sp³-hybridized carbons (Fsp3) is 0.423. The second-order valence-corrected chi connectivity index (χ2v) is 9.96. The maximum Gasteiger partial charge on any atom is 0.239 e. The molecule has 2 saturated heterocycles. The molecule has 3 aromatic rings. The van der Waals surface area contributed by atoms with Crippen LogP contribution in [0.3, 0.4) is 0 Å². The Hall–Kier alpha value is -3.75. The number of aromatic hydroxyl groups is 4. The van der Waals surface area contributed by atoms with Gasteiger partial charge >= 0.3 is 0 Å². The number of ether oxygens (including phenoxy) is 4. The van der Waals surface area contributed by atoms with Crippen LogP contribution < -0.4 is 10.2 Å². The van der Waals surface area contributed by atoms with Crippen molar-refractivity contribution in [2.75, 3.05) is 6.61 Å². The molecule has 0 radical (unpaired) electrons. The highest BCUT2D eigenvalue weighted by Crippen LogP contribution is 2.39. The molecule has 0 aliphatic carbocycles. The van der Waals surface area contributed by atoms with Crippen molar-refractivity contribution in [1.82, 2.24) is 0 Å². The molecule has 2 aliphatic heterocycles. The Balaban J connectivity index is 1.48. The molecule has 43 heavy (non-hydrogen) atoms. The highest BCUT2D eigenvalue weighted by molar-refractivity contribution is 5.88. The Labute approximate surface area is 239 Å². The molecule has 17 nitrogen and oxygen atoms in total. The lowest BCUT2D eigenvalue weighted by Crippen LogP contribution is -2.62. The Kier molecular flexibility index (Phi) is 8.38.